The van der Waals surface area contributed by atoms with E-state index in [-0.39, 0.29) is 28.6 Å². The van der Waals surface area contributed by atoms with Gasteiger partial charge in [0.15, 0.2) is 0 Å². The third-order valence-electron chi connectivity index (χ3n) is 2.83. The minimum Gasteiger partial charge on any atom is -0.478 e. The standard InChI is InChI=1S/C13H13N3O5/c1-3-15-12(11(16(19)20)8(2)14-15)21-10-6-4-5-9(7-10)13(17)18/h4-7H,3H2,1-2H3,(H,17,18). The molecule has 2 rings (SSSR count). The van der Waals surface area contributed by atoms with Crippen LogP contribution in [0.4, 0.5) is 5.69 Å². The molecular formula is C13H13N3O5. The van der Waals surface area contributed by atoms with Gasteiger partial charge in [-0.1, -0.05) is 6.07 Å². The molecule has 0 spiro atoms. The van der Waals surface area contributed by atoms with Gasteiger partial charge < -0.3 is 9.84 Å². The highest BCUT2D eigenvalue weighted by Crippen LogP contribution is 2.34. The Bertz CT molecular complexity index is 708. The molecule has 1 aromatic heterocycles. The second kappa shape index (κ2) is 5.61. The molecule has 2 aromatic rings. The highest BCUT2D eigenvalue weighted by molar-refractivity contribution is 5.88. The molecule has 0 fully saturated rings. The van der Waals surface area contributed by atoms with Crippen molar-refractivity contribution < 1.29 is 19.6 Å². The van der Waals surface area contributed by atoms with E-state index in [1.54, 1.807) is 6.92 Å². The maximum atomic E-state index is 11.1. The largest absolute Gasteiger partial charge is 0.478 e. The number of hydrogen-bond acceptors (Lipinski definition) is 5. The number of carboxylic acid groups (broad SMARTS) is 1. The first-order valence-corrected chi connectivity index (χ1v) is 6.17. The van der Waals surface area contributed by atoms with E-state index in [1.165, 1.54) is 35.9 Å². The Morgan fingerprint density at radius 3 is 2.81 bits per heavy atom. The van der Waals surface area contributed by atoms with E-state index >= 15 is 0 Å². The number of rotatable bonds is 5. The van der Waals surface area contributed by atoms with E-state index in [0.717, 1.165) is 0 Å². The van der Waals surface area contributed by atoms with E-state index in [1.807, 2.05) is 0 Å². The third-order valence-corrected chi connectivity index (χ3v) is 2.83. The number of carboxylic acids is 1. The first kappa shape index (κ1) is 14.5. The number of aromatic nitrogens is 2. The Labute approximate surface area is 119 Å². The molecule has 0 amide bonds. The molecule has 0 atom stereocenters. The number of aryl methyl sites for hydroxylation is 2. The van der Waals surface area contributed by atoms with Crippen LogP contribution < -0.4 is 4.74 Å². The van der Waals surface area contributed by atoms with Crippen LogP contribution in [-0.2, 0) is 6.54 Å². The Balaban J connectivity index is 2.46. The number of ether oxygens (including phenoxy) is 1. The predicted octanol–water partition coefficient (Wildman–Crippen LogP) is 2.61. The summed E-state index contributed by atoms with van der Waals surface area (Å²) in [6.45, 7) is 3.68. The summed E-state index contributed by atoms with van der Waals surface area (Å²) in [5.74, 6) is -0.912. The van der Waals surface area contributed by atoms with Crippen molar-refractivity contribution in [3.05, 3.63) is 45.6 Å². The molecular weight excluding hydrogens is 278 g/mol. The number of hydrogen-bond donors (Lipinski definition) is 1. The zero-order valence-electron chi connectivity index (χ0n) is 11.4. The monoisotopic (exact) mass is 291 g/mol. The molecule has 0 saturated carbocycles. The summed E-state index contributed by atoms with van der Waals surface area (Å²) in [6.07, 6.45) is 0. The van der Waals surface area contributed by atoms with Crippen LogP contribution in [0.2, 0.25) is 0 Å². The van der Waals surface area contributed by atoms with Crippen molar-refractivity contribution >= 4 is 11.7 Å². The van der Waals surface area contributed by atoms with Crippen molar-refractivity contribution in [1.82, 2.24) is 9.78 Å². The van der Waals surface area contributed by atoms with Crippen LogP contribution in [0.3, 0.4) is 0 Å². The lowest BCUT2D eigenvalue weighted by atomic mass is 10.2. The second-order valence-electron chi connectivity index (χ2n) is 4.25. The molecule has 1 aromatic carbocycles. The summed E-state index contributed by atoms with van der Waals surface area (Å²) in [6, 6.07) is 5.74. The highest BCUT2D eigenvalue weighted by atomic mass is 16.6. The smallest absolute Gasteiger partial charge is 0.353 e. The second-order valence-corrected chi connectivity index (χ2v) is 4.25. The van der Waals surface area contributed by atoms with Crippen molar-refractivity contribution in [3.8, 4) is 11.6 Å². The number of nitro groups is 1. The highest BCUT2D eigenvalue weighted by Gasteiger charge is 2.27. The lowest BCUT2D eigenvalue weighted by molar-refractivity contribution is -0.386. The van der Waals surface area contributed by atoms with Crippen molar-refractivity contribution in [2.75, 3.05) is 0 Å². The van der Waals surface area contributed by atoms with Crippen LogP contribution in [0.1, 0.15) is 23.0 Å². The van der Waals surface area contributed by atoms with Crippen molar-refractivity contribution in [1.29, 1.82) is 0 Å². The topological polar surface area (TPSA) is 107 Å². The summed E-state index contributed by atoms with van der Waals surface area (Å²) in [4.78, 5) is 21.5. The van der Waals surface area contributed by atoms with Crippen LogP contribution in [0, 0.1) is 17.0 Å². The van der Waals surface area contributed by atoms with Crippen LogP contribution in [0.15, 0.2) is 24.3 Å². The molecule has 110 valence electrons. The lowest BCUT2D eigenvalue weighted by Crippen LogP contribution is -2.02. The molecule has 0 bridgehead atoms. The Morgan fingerprint density at radius 2 is 2.24 bits per heavy atom. The first-order valence-electron chi connectivity index (χ1n) is 6.17. The predicted molar refractivity (Wildman–Crippen MR) is 72.8 cm³/mol. The van der Waals surface area contributed by atoms with E-state index in [4.69, 9.17) is 9.84 Å². The Kier molecular flexibility index (Phi) is 3.88. The van der Waals surface area contributed by atoms with E-state index in [0.29, 0.717) is 6.54 Å². The van der Waals surface area contributed by atoms with Gasteiger partial charge in [0.05, 0.1) is 10.5 Å². The molecule has 0 aliphatic carbocycles. The fourth-order valence-corrected chi connectivity index (χ4v) is 1.88. The summed E-state index contributed by atoms with van der Waals surface area (Å²) >= 11 is 0. The molecule has 8 heteroatoms. The van der Waals surface area contributed by atoms with Gasteiger partial charge >= 0.3 is 11.7 Å². The van der Waals surface area contributed by atoms with E-state index in [2.05, 4.69) is 5.10 Å². The maximum Gasteiger partial charge on any atom is 0.353 e. The first-order chi connectivity index (χ1) is 9.93. The Morgan fingerprint density at radius 1 is 1.52 bits per heavy atom. The van der Waals surface area contributed by atoms with Gasteiger partial charge in [-0.25, -0.2) is 9.48 Å². The quantitative estimate of drug-likeness (QED) is 0.670. The molecule has 0 unspecified atom stereocenters. The van der Waals surface area contributed by atoms with Gasteiger partial charge in [-0.3, -0.25) is 10.1 Å². The summed E-state index contributed by atoms with van der Waals surface area (Å²) in [5.41, 5.74) is 0.0539. The minimum atomic E-state index is -1.10. The molecule has 8 nitrogen and oxygen atoms in total. The third kappa shape index (κ3) is 2.83. The fraction of sp³-hybridized carbons (Fsp3) is 0.231. The van der Waals surface area contributed by atoms with Gasteiger partial charge in [-0.05, 0) is 32.0 Å². The maximum absolute atomic E-state index is 11.1. The average Bonchev–Trinajstić information content (AvgIpc) is 2.75. The van der Waals surface area contributed by atoms with E-state index in [9.17, 15) is 14.9 Å². The molecule has 0 aliphatic heterocycles. The van der Waals surface area contributed by atoms with E-state index < -0.39 is 10.9 Å². The fourth-order valence-electron chi connectivity index (χ4n) is 1.88. The number of aromatic carboxylic acids is 1. The number of nitrogens with zero attached hydrogens (tertiary/aromatic N) is 3. The molecule has 0 saturated heterocycles. The summed E-state index contributed by atoms with van der Waals surface area (Å²) in [7, 11) is 0. The Hall–Kier alpha value is -2.90. The van der Waals surface area contributed by atoms with Crippen molar-refractivity contribution in [3.63, 3.8) is 0 Å². The van der Waals surface area contributed by atoms with Gasteiger partial charge in [0.1, 0.15) is 11.4 Å². The van der Waals surface area contributed by atoms with Gasteiger partial charge in [0.2, 0.25) is 0 Å². The van der Waals surface area contributed by atoms with Crippen LogP contribution in [-0.4, -0.2) is 25.8 Å². The molecule has 1 heterocycles. The zero-order valence-corrected chi connectivity index (χ0v) is 11.4. The number of benzene rings is 1. The van der Waals surface area contributed by atoms with Gasteiger partial charge in [0.25, 0.3) is 5.88 Å². The average molecular weight is 291 g/mol. The molecule has 0 radical (unpaired) electrons. The SMILES string of the molecule is CCn1nc(C)c([N+](=O)[O-])c1Oc1cccc(C(=O)O)c1. The van der Waals surface area contributed by atoms with Gasteiger partial charge in [-0.15, -0.1) is 0 Å². The van der Waals surface area contributed by atoms with Crippen LogP contribution in [0.5, 0.6) is 11.6 Å². The van der Waals surface area contributed by atoms with Crippen LogP contribution >= 0.6 is 0 Å². The number of carbonyl (C=O) groups is 1. The van der Waals surface area contributed by atoms with Crippen molar-refractivity contribution in [2.24, 2.45) is 0 Å². The van der Waals surface area contributed by atoms with Gasteiger partial charge in [0, 0.05) is 6.54 Å². The minimum absolute atomic E-state index is 0.0115. The normalized spacial score (nSPS) is 10.4. The van der Waals surface area contributed by atoms with Gasteiger partial charge in [-0.2, -0.15) is 5.10 Å². The molecule has 21 heavy (non-hydrogen) atoms. The summed E-state index contributed by atoms with van der Waals surface area (Å²) < 4.78 is 6.86. The lowest BCUT2D eigenvalue weighted by Gasteiger charge is -2.07. The molecule has 0 aliphatic rings. The summed E-state index contributed by atoms with van der Waals surface area (Å²) in [5, 5.41) is 24.1. The van der Waals surface area contributed by atoms with Crippen LogP contribution in [0.25, 0.3) is 0 Å². The van der Waals surface area contributed by atoms with Crippen molar-refractivity contribution in [2.45, 2.75) is 20.4 Å². The zero-order chi connectivity index (χ0) is 15.6. The molecule has 1 N–H and O–H groups in total.